The van der Waals surface area contributed by atoms with Gasteiger partial charge < -0.3 is 20.3 Å². The lowest BCUT2D eigenvalue weighted by molar-refractivity contribution is 0.235. The van der Waals surface area contributed by atoms with Gasteiger partial charge >= 0.3 is 0 Å². The maximum Gasteiger partial charge on any atom is 0.191 e. The Balaban J connectivity index is 1.27. The molecule has 0 aliphatic carbocycles. The largest absolute Gasteiger partial charge is 0.488 e. The fraction of sp³-hybridized carbons (Fsp3) is 0.435. The van der Waals surface area contributed by atoms with E-state index in [1.165, 1.54) is 17.7 Å². The Kier molecular flexibility index (Phi) is 6.00. The third kappa shape index (κ3) is 4.58. The third-order valence-corrected chi connectivity index (χ3v) is 5.47. The normalized spacial score (nSPS) is 21.3. The summed E-state index contributed by atoms with van der Waals surface area (Å²) in [4.78, 5) is 7.31. The molecule has 0 spiro atoms. The number of aliphatic imine (C=N–C) groups is 1. The maximum absolute atomic E-state index is 6.02. The first-order chi connectivity index (χ1) is 13.8. The first-order valence-electron chi connectivity index (χ1n) is 10.4. The Morgan fingerprint density at radius 1 is 1.11 bits per heavy atom. The van der Waals surface area contributed by atoms with Crippen LogP contribution in [0.2, 0.25) is 0 Å². The summed E-state index contributed by atoms with van der Waals surface area (Å²) in [6.45, 7) is 6.77. The standard InChI is InChI=1S/C23H30N4O/c1-2-24-23(26-16-21-14-19-8-6-7-11-22(19)28-21)25-15-18-12-13-27(17-18)20-9-4-3-5-10-20/h3-11,18,21H,2,12-17H2,1H3,(H2,24,25,26). The van der Waals surface area contributed by atoms with E-state index in [1.54, 1.807) is 0 Å². The molecule has 2 aliphatic heterocycles. The van der Waals surface area contributed by atoms with Crippen molar-refractivity contribution in [1.82, 2.24) is 10.6 Å². The van der Waals surface area contributed by atoms with E-state index in [1.807, 2.05) is 12.1 Å². The number of fused-ring (bicyclic) bond motifs is 1. The van der Waals surface area contributed by atoms with Gasteiger partial charge in [-0.1, -0.05) is 36.4 Å². The second-order valence-electron chi connectivity index (χ2n) is 7.59. The Morgan fingerprint density at radius 3 is 2.75 bits per heavy atom. The molecule has 2 aliphatic rings. The molecule has 148 valence electrons. The zero-order valence-corrected chi connectivity index (χ0v) is 16.6. The van der Waals surface area contributed by atoms with E-state index in [-0.39, 0.29) is 6.10 Å². The Morgan fingerprint density at radius 2 is 1.93 bits per heavy atom. The van der Waals surface area contributed by atoms with Gasteiger partial charge in [0.25, 0.3) is 0 Å². The van der Waals surface area contributed by atoms with Gasteiger partial charge in [-0.25, -0.2) is 0 Å². The number of benzene rings is 2. The molecule has 28 heavy (non-hydrogen) atoms. The van der Waals surface area contributed by atoms with Gasteiger partial charge in [0.05, 0.1) is 6.54 Å². The van der Waals surface area contributed by atoms with Crippen molar-refractivity contribution in [3.63, 3.8) is 0 Å². The molecule has 2 N–H and O–H groups in total. The van der Waals surface area contributed by atoms with Crippen LogP contribution in [0.25, 0.3) is 0 Å². The van der Waals surface area contributed by atoms with Crippen molar-refractivity contribution in [3.8, 4) is 5.75 Å². The van der Waals surface area contributed by atoms with Crippen LogP contribution in [0.5, 0.6) is 5.75 Å². The predicted octanol–water partition coefficient (Wildman–Crippen LogP) is 3.07. The lowest BCUT2D eigenvalue weighted by Crippen LogP contribution is -2.42. The Hall–Kier alpha value is -2.69. The van der Waals surface area contributed by atoms with Crippen LogP contribution >= 0.6 is 0 Å². The van der Waals surface area contributed by atoms with E-state index >= 15 is 0 Å². The van der Waals surface area contributed by atoms with Gasteiger partial charge in [0.15, 0.2) is 5.96 Å². The quantitative estimate of drug-likeness (QED) is 0.599. The van der Waals surface area contributed by atoms with E-state index < -0.39 is 0 Å². The van der Waals surface area contributed by atoms with Gasteiger partial charge in [-0.05, 0) is 43.0 Å². The summed E-state index contributed by atoms with van der Waals surface area (Å²) >= 11 is 0. The molecule has 5 heteroatoms. The van der Waals surface area contributed by atoms with E-state index in [0.29, 0.717) is 5.92 Å². The molecule has 2 heterocycles. The van der Waals surface area contributed by atoms with Gasteiger partial charge in [0, 0.05) is 38.3 Å². The van der Waals surface area contributed by atoms with E-state index in [2.05, 4.69) is 64.9 Å². The van der Waals surface area contributed by atoms with Crippen LogP contribution in [0.15, 0.2) is 59.6 Å². The fourth-order valence-electron chi connectivity index (χ4n) is 4.00. The van der Waals surface area contributed by atoms with Crippen molar-refractivity contribution in [1.29, 1.82) is 0 Å². The van der Waals surface area contributed by atoms with Gasteiger partial charge in [0.1, 0.15) is 11.9 Å². The fourth-order valence-corrected chi connectivity index (χ4v) is 4.00. The SMILES string of the molecule is CCNC(=NCC1CCN(c2ccccc2)C1)NCC1Cc2ccccc2O1. The number of nitrogens with zero attached hydrogens (tertiary/aromatic N) is 2. The second kappa shape index (κ2) is 9.00. The van der Waals surface area contributed by atoms with Crippen molar-refractivity contribution in [2.75, 3.05) is 37.6 Å². The number of nitrogens with one attached hydrogen (secondary N) is 2. The summed E-state index contributed by atoms with van der Waals surface area (Å²) in [6, 6.07) is 19.0. The Labute approximate surface area is 167 Å². The summed E-state index contributed by atoms with van der Waals surface area (Å²) in [5.74, 6) is 2.51. The molecule has 1 fully saturated rings. The molecule has 5 nitrogen and oxygen atoms in total. The second-order valence-corrected chi connectivity index (χ2v) is 7.59. The monoisotopic (exact) mass is 378 g/mol. The Bertz CT molecular complexity index is 767. The maximum atomic E-state index is 6.02. The van der Waals surface area contributed by atoms with Gasteiger partial charge in [-0.3, -0.25) is 4.99 Å². The highest BCUT2D eigenvalue weighted by Crippen LogP contribution is 2.27. The first kappa shape index (κ1) is 18.7. The molecule has 2 aromatic rings. The molecule has 0 saturated carbocycles. The van der Waals surface area contributed by atoms with Gasteiger partial charge in [-0.2, -0.15) is 0 Å². The highest BCUT2D eigenvalue weighted by atomic mass is 16.5. The number of hydrogen-bond donors (Lipinski definition) is 2. The lowest BCUT2D eigenvalue weighted by atomic mass is 10.1. The molecule has 0 aromatic heterocycles. The highest BCUT2D eigenvalue weighted by Gasteiger charge is 2.24. The summed E-state index contributed by atoms with van der Waals surface area (Å²) < 4.78 is 6.02. The van der Waals surface area contributed by atoms with Crippen molar-refractivity contribution in [2.45, 2.75) is 25.9 Å². The molecular weight excluding hydrogens is 348 g/mol. The predicted molar refractivity (Wildman–Crippen MR) is 115 cm³/mol. The van der Waals surface area contributed by atoms with E-state index in [4.69, 9.17) is 9.73 Å². The molecule has 4 rings (SSSR count). The topological polar surface area (TPSA) is 48.9 Å². The number of anilines is 1. The van der Waals surface area contributed by atoms with Crippen LogP contribution in [-0.2, 0) is 6.42 Å². The summed E-state index contributed by atoms with van der Waals surface area (Å²) in [5.41, 5.74) is 2.61. The lowest BCUT2D eigenvalue weighted by Gasteiger charge is -2.18. The molecule has 2 atom stereocenters. The minimum atomic E-state index is 0.168. The average Bonchev–Trinajstić information content (AvgIpc) is 3.37. The zero-order valence-electron chi connectivity index (χ0n) is 16.6. The van der Waals surface area contributed by atoms with Crippen molar-refractivity contribution >= 4 is 11.6 Å². The van der Waals surface area contributed by atoms with E-state index in [9.17, 15) is 0 Å². The van der Waals surface area contributed by atoms with Crippen LogP contribution < -0.4 is 20.3 Å². The number of hydrogen-bond acceptors (Lipinski definition) is 3. The summed E-state index contributed by atoms with van der Waals surface area (Å²) in [5, 5.41) is 6.83. The molecular formula is C23H30N4O. The van der Waals surface area contributed by atoms with Gasteiger partial charge in [-0.15, -0.1) is 0 Å². The summed E-state index contributed by atoms with van der Waals surface area (Å²) in [6.07, 6.45) is 2.32. The third-order valence-electron chi connectivity index (χ3n) is 5.47. The van der Waals surface area contributed by atoms with Crippen LogP contribution in [-0.4, -0.2) is 44.8 Å². The molecule has 0 radical (unpaired) electrons. The van der Waals surface area contributed by atoms with Crippen molar-refractivity contribution < 1.29 is 4.74 Å². The molecule has 2 unspecified atom stereocenters. The van der Waals surface area contributed by atoms with E-state index in [0.717, 1.165) is 50.9 Å². The molecule has 0 amide bonds. The van der Waals surface area contributed by atoms with Crippen LogP contribution in [0, 0.1) is 5.92 Å². The molecule has 0 bridgehead atoms. The molecule has 1 saturated heterocycles. The molecule has 2 aromatic carbocycles. The van der Waals surface area contributed by atoms with Crippen LogP contribution in [0.1, 0.15) is 18.9 Å². The van der Waals surface area contributed by atoms with Gasteiger partial charge in [0.2, 0.25) is 0 Å². The first-order valence-corrected chi connectivity index (χ1v) is 10.4. The van der Waals surface area contributed by atoms with Crippen molar-refractivity contribution in [3.05, 3.63) is 60.2 Å². The number of rotatable bonds is 6. The highest BCUT2D eigenvalue weighted by molar-refractivity contribution is 5.79. The van der Waals surface area contributed by atoms with Crippen LogP contribution in [0.4, 0.5) is 5.69 Å². The minimum absolute atomic E-state index is 0.168. The van der Waals surface area contributed by atoms with Crippen molar-refractivity contribution in [2.24, 2.45) is 10.9 Å². The smallest absolute Gasteiger partial charge is 0.191 e. The van der Waals surface area contributed by atoms with Crippen LogP contribution in [0.3, 0.4) is 0 Å². The average molecular weight is 379 g/mol. The number of ether oxygens (including phenoxy) is 1. The number of para-hydroxylation sites is 2. The zero-order chi connectivity index (χ0) is 19.2. The summed E-state index contributed by atoms with van der Waals surface area (Å²) in [7, 11) is 0. The number of guanidine groups is 1. The minimum Gasteiger partial charge on any atom is -0.488 e.